The van der Waals surface area contributed by atoms with Crippen LogP contribution in [0.4, 0.5) is 5.95 Å². The lowest BCUT2D eigenvalue weighted by Gasteiger charge is -2.31. The highest BCUT2D eigenvalue weighted by Gasteiger charge is 2.28. The lowest BCUT2D eigenvalue weighted by Crippen LogP contribution is -2.34. The molecule has 0 fully saturated rings. The van der Waals surface area contributed by atoms with Crippen molar-refractivity contribution in [3.8, 4) is 5.75 Å². The van der Waals surface area contributed by atoms with Crippen LogP contribution in [0.1, 0.15) is 40.3 Å². The summed E-state index contributed by atoms with van der Waals surface area (Å²) in [5.41, 5.74) is 2.18. The Kier molecular flexibility index (Phi) is 6.69. The number of nitrogens with zero attached hydrogens (tertiary/aromatic N) is 4. The van der Waals surface area contributed by atoms with Crippen LogP contribution in [0.5, 0.6) is 5.75 Å². The van der Waals surface area contributed by atoms with Crippen LogP contribution < -0.4 is 15.2 Å². The quantitative estimate of drug-likeness (QED) is 0.541. The van der Waals surface area contributed by atoms with Crippen molar-refractivity contribution >= 4 is 11.9 Å². The Labute approximate surface area is 181 Å². The topological polar surface area (TPSA) is 86.5 Å². The maximum Gasteiger partial charge on any atom is 0.361 e. The minimum absolute atomic E-state index is 0.147. The summed E-state index contributed by atoms with van der Waals surface area (Å²) in [6.45, 7) is 3.77. The summed E-state index contributed by atoms with van der Waals surface area (Å²) >= 11 is 0. The van der Waals surface area contributed by atoms with E-state index in [0.29, 0.717) is 5.95 Å². The largest absolute Gasteiger partial charge is 0.489 e. The van der Waals surface area contributed by atoms with E-state index in [9.17, 15) is 9.59 Å². The molecular formula is C23H26N4O4. The Morgan fingerprint density at radius 3 is 2.45 bits per heavy atom. The van der Waals surface area contributed by atoms with E-state index >= 15 is 0 Å². The number of hydrogen-bond donors (Lipinski definition) is 0. The number of pyridine rings is 1. The third-order valence-corrected chi connectivity index (χ3v) is 4.97. The summed E-state index contributed by atoms with van der Waals surface area (Å²) in [5.74, 6) is -0.561. The van der Waals surface area contributed by atoms with Gasteiger partial charge >= 0.3 is 5.97 Å². The first kappa shape index (κ1) is 22.0. The molecule has 162 valence electrons. The number of anilines is 1. The highest BCUT2D eigenvalue weighted by Crippen LogP contribution is 2.31. The van der Waals surface area contributed by atoms with Crippen molar-refractivity contribution in [3.63, 3.8) is 0 Å². The smallest absolute Gasteiger partial charge is 0.361 e. The van der Waals surface area contributed by atoms with Crippen LogP contribution in [0, 0.1) is 6.92 Å². The van der Waals surface area contributed by atoms with Crippen molar-refractivity contribution < 1.29 is 14.3 Å². The molecule has 0 saturated heterocycles. The zero-order chi connectivity index (χ0) is 22.5. The molecule has 8 nitrogen and oxygen atoms in total. The van der Waals surface area contributed by atoms with E-state index in [0.717, 1.165) is 16.8 Å². The summed E-state index contributed by atoms with van der Waals surface area (Å²) in [7, 11) is 4.74. The van der Waals surface area contributed by atoms with Crippen molar-refractivity contribution in [2.24, 2.45) is 7.05 Å². The molecule has 0 aliphatic carbocycles. The summed E-state index contributed by atoms with van der Waals surface area (Å²) in [4.78, 5) is 36.2. The van der Waals surface area contributed by atoms with Gasteiger partial charge in [-0.15, -0.1) is 0 Å². The van der Waals surface area contributed by atoms with Gasteiger partial charge in [-0.25, -0.2) is 9.78 Å². The molecule has 3 aromatic rings. The molecule has 0 bridgehead atoms. The highest BCUT2D eigenvalue weighted by molar-refractivity contribution is 5.90. The van der Waals surface area contributed by atoms with Crippen LogP contribution in [-0.4, -0.2) is 41.3 Å². The number of ether oxygens (including phenoxy) is 2. The Bertz CT molecular complexity index is 1110. The molecule has 0 radical (unpaired) electrons. The van der Waals surface area contributed by atoms with Gasteiger partial charge in [0.25, 0.3) is 5.56 Å². The lowest BCUT2D eigenvalue weighted by molar-refractivity contribution is 0.0514. The van der Waals surface area contributed by atoms with Crippen molar-refractivity contribution in [1.29, 1.82) is 0 Å². The molecule has 1 unspecified atom stereocenters. The van der Waals surface area contributed by atoms with Gasteiger partial charge in [-0.2, -0.15) is 0 Å². The monoisotopic (exact) mass is 422 g/mol. The van der Waals surface area contributed by atoms with E-state index in [1.807, 2.05) is 61.3 Å². The number of hydrogen-bond acceptors (Lipinski definition) is 7. The van der Waals surface area contributed by atoms with Gasteiger partial charge in [0, 0.05) is 26.0 Å². The first-order valence-corrected chi connectivity index (χ1v) is 9.91. The van der Waals surface area contributed by atoms with Gasteiger partial charge in [-0.05, 0) is 31.0 Å². The SMILES string of the molecule is CCOC(=O)c1nc(N(C)C(c2ccccc2)c2ccc(C)nc2)n(C)c(=O)c1OC. The first-order valence-electron chi connectivity index (χ1n) is 9.91. The van der Waals surface area contributed by atoms with Crippen molar-refractivity contribution in [1.82, 2.24) is 14.5 Å². The maximum atomic E-state index is 12.9. The Balaban J connectivity index is 2.19. The number of methoxy groups -OCH3 is 1. The summed E-state index contributed by atoms with van der Waals surface area (Å²) in [5, 5.41) is 0. The Hall–Kier alpha value is -3.68. The van der Waals surface area contributed by atoms with Gasteiger partial charge in [-0.1, -0.05) is 36.4 Å². The molecule has 0 aliphatic heterocycles. The third-order valence-electron chi connectivity index (χ3n) is 4.97. The van der Waals surface area contributed by atoms with Crippen molar-refractivity contribution in [3.05, 3.63) is 81.5 Å². The van der Waals surface area contributed by atoms with Gasteiger partial charge in [0.2, 0.25) is 11.7 Å². The summed E-state index contributed by atoms with van der Waals surface area (Å²) < 4.78 is 11.6. The van der Waals surface area contributed by atoms with Crippen LogP contribution in [0.3, 0.4) is 0 Å². The van der Waals surface area contributed by atoms with Gasteiger partial charge in [0.15, 0.2) is 5.69 Å². The predicted molar refractivity (Wildman–Crippen MR) is 118 cm³/mol. The van der Waals surface area contributed by atoms with Gasteiger partial charge in [-0.3, -0.25) is 14.3 Å². The number of rotatable bonds is 7. The normalized spacial score (nSPS) is 11.6. The average Bonchev–Trinajstić information content (AvgIpc) is 2.77. The maximum absolute atomic E-state index is 12.9. The molecular weight excluding hydrogens is 396 g/mol. The van der Waals surface area contributed by atoms with Crippen LogP contribution in [0.15, 0.2) is 53.5 Å². The molecule has 3 rings (SSSR count). The second kappa shape index (κ2) is 9.42. The van der Waals surface area contributed by atoms with E-state index in [-0.39, 0.29) is 24.1 Å². The number of aryl methyl sites for hydroxylation is 1. The van der Waals surface area contributed by atoms with E-state index in [4.69, 9.17) is 9.47 Å². The number of esters is 1. The van der Waals surface area contributed by atoms with Crippen LogP contribution in [-0.2, 0) is 11.8 Å². The minimum Gasteiger partial charge on any atom is -0.489 e. The molecule has 8 heteroatoms. The van der Waals surface area contributed by atoms with Crippen molar-refractivity contribution in [2.75, 3.05) is 25.7 Å². The van der Waals surface area contributed by atoms with Gasteiger partial charge in [0.1, 0.15) is 0 Å². The van der Waals surface area contributed by atoms with Crippen LogP contribution in [0.2, 0.25) is 0 Å². The van der Waals surface area contributed by atoms with Crippen molar-refractivity contribution in [2.45, 2.75) is 19.9 Å². The molecule has 2 heterocycles. The molecule has 1 atom stereocenters. The Morgan fingerprint density at radius 1 is 1.16 bits per heavy atom. The zero-order valence-electron chi connectivity index (χ0n) is 18.3. The standard InChI is InChI=1S/C23H26N4O4/c1-6-31-22(29)18-20(30-5)21(28)27(4)23(25-18)26(3)19(16-10-8-7-9-11-16)17-13-12-15(2)24-14-17/h7-14,19H,6H2,1-5H3. The van der Waals surface area contributed by atoms with Gasteiger partial charge < -0.3 is 14.4 Å². The lowest BCUT2D eigenvalue weighted by atomic mass is 9.99. The summed E-state index contributed by atoms with van der Waals surface area (Å²) in [6, 6.07) is 13.5. The number of carbonyl (C=O) groups is 1. The number of carbonyl (C=O) groups excluding carboxylic acids is 1. The zero-order valence-corrected chi connectivity index (χ0v) is 18.3. The van der Waals surface area contributed by atoms with Crippen LogP contribution in [0.25, 0.3) is 0 Å². The third kappa shape index (κ3) is 4.42. The van der Waals surface area contributed by atoms with Gasteiger partial charge in [0.05, 0.1) is 19.8 Å². The number of benzene rings is 1. The van der Waals surface area contributed by atoms with Crippen LogP contribution >= 0.6 is 0 Å². The molecule has 2 aromatic heterocycles. The fourth-order valence-corrected chi connectivity index (χ4v) is 3.44. The second-order valence-corrected chi connectivity index (χ2v) is 7.04. The second-order valence-electron chi connectivity index (χ2n) is 7.04. The average molecular weight is 422 g/mol. The molecule has 1 aromatic carbocycles. The first-order chi connectivity index (χ1) is 14.9. The number of aromatic nitrogens is 3. The highest BCUT2D eigenvalue weighted by atomic mass is 16.5. The molecule has 0 spiro atoms. The Morgan fingerprint density at radius 2 is 1.87 bits per heavy atom. The molecule has 0 N–H and O–H groups in total. The molecule has 0 aliphatic rings. The van der Waals surface area contributed by atoms with E-state index in [1.54, 1.807) is 20.2 Å². The molecule has 0 saturated carbocycles. The van der Waals surface area contributed by atoms with E-state index in [2.05, 4.69) is 9.97 Å². The molecule has 0 amide bonds. The molecule has 31 heavy (non-hydrogen) atoms. The minimum atomic E-state index is -0.708. The van der Waals surface area contributed by atoms with E-state index in [1.165, 1.54) is 11.7 Å². The summed E-state index contributed by atoms with van der Waals surface area (Å²) in [6.07, 6.45) is 1.80. The predicted octanol–water partition coefficient (Wildman–Crippen LogP) is 2.89. The fourth-order valence-electron chi connectivity index (χ4n) is 3.44. The van der Waals surface area contributed by atoms with E-state index < -0.39 is 11.5 Å². The fraction of sp³-hybridized carbons (Fsp3) is 0.304.